The molecule has 0 aromatic heterocycles. The summed E-state index contributed by atoms with van der Waals surface area (Å²) in [5, 5.41) is 0. The molecule has 4 nitrogen and oxygen atoms in total. The van der Waals surface area contributed by atoms with Crippen molar-refractivity contribution in [1.29, 1.82) is 0 Å². The first-order valence-corrected chi connectivity index (χ1v) is 8.75. The van der Waals surface area contributed by atoms with E-state index in [1.54, 1.807) is 9.80 Å². The Morgan fingerprint density at radius 2 is 2.00 bits per heavy atom. The van der Waals surface area contributed by atoms with Crippen molar-refractivity contribution < 1.29 is 9.59 Å². The number of carbonyl (C=O) groups is 2. The third kappa shape index (κ3) is 3.92. The first-order chi connectivity index (χ1) is 11.1. The molecule has 0 spiro atoms. The molecule has 0 saturated heterocycles. The number of unbranched alkanes of at least 4 members (excludes halogenated alkanes) is 1. The second-order valence-corrected chi connectivity index (χ2v) is 6.28. The quantitative estimate of drug-likeness (QED) is 0.807. The van der Waals surface area contributed by atoms with Crippen molar-refractivity contribution in [1.82, 2.24) is 4.90 Å². The molecule has 0 saturated carbocycles. The molecule has 1 aromatic rings. The van der Waals surface area contributed by atoms with Crippen molar-refractivity contribution >= 4 is 17.5 Å². The summed E-state index contributed by atoms with van der Waals surface area (Å²) in [6.45, 7) is 4.84. The van der Waals surface area contributed by atoms with E-state index in [9.17, 15) is 9.59 Å². The van der Waals surface area contributed by atoms with E-state index in [2.05, 4.69) is 13.0 Å². The van der Waals surface area contributed by atoms with Crippen LogP contribution in [0.15, 0.2) is 24.3 Å². The molecular formula is C19H28N2O2. The van der Waals surface area contributed by atoms with Crippen molar-refractivity contribution in [3.63, 3.8) is 0 Å². The van der Waals surface area contributed by atoms with Crippen molar-refractivity contribution in [3.8, 4) is 0 Å². The van der Waals surface area contributed by atoms with E-state index in [1.807, 2.05) is 32.2 Å². The van der Waals surface area contributed by atoms with Crippen LogP contribution in [0.3, 0.4) is 0 Å². The second kappa shape index (κ2) is 8.14. The van der Waals surface area contributed by atoms with E-state index >= 15 is 0 Å². The van der Waals surface area contributed by atoms with E-state index in [4.69, 9.17) is 0 Å². The van der Waals surface area contributed by atoms with Gasteiger partial charge in [-0.1, -0.05) is 38.5 Å². The summed E-state index contributed by atoms with van der Waals surface area (Å²) in [5.41, 5.74) is 2.08. The van der Waals surface area contributed by atoms with Crippen LogP contribution in [0.4, 0.5) is 5.69 Å². The highest BCUT2D eigenvalue weighted by Crippen LogP contribution is 2.29. The number of aryl methyl sites for hydroxylation is 1. The standard InChI is InChI=1S/C19H28N2O2/c1-4-6-14-20(3)19(23)16(5-2)21-17-12-8-7-10-15(17)11-9-13-18(21)22/h7-8,10,12,16H,4-6,9,11,13-14H2,1-3H3. The Hall–Kier alpha value is -1.84. The number of carbonyl (C=O) groups excluding carboxylic acids is 2. The zero-order valence-corrected chi connectivity index (χ0v) is 14.5. The van der Waals surface area contributed by atoms with Gasteiger partial charge < -0.3 is 4.90 Å². The molecule has 126 valence electrons. The minimum atomic E-state index is -0.399. The number of fused-ring (bicyclic) bond motifs is 1. The van der Waals surface area contributed by atoms with Gasteiger partial charge in [-0.15, -0.1) is 0 Å². The lowest BCUT2D eigenvalue weighted by atomic mass is 10.1. The Balaban J connectivity index is 2.31. The van der Waals surface area contributed by atoms with Gasteiger partial charge in [0.2, 0.25) is 11.8 Å². The lowest BCUT2D eigenvalue weighted by Crippen LogP contribution is -2.50. The minimum Gasteiger partial charge on any atom is -0.344 e. The maximum Gasteiger partial charge on any atom is 0.245 e. The lowest BCUT2D eigenvalue weighted by Gasteiger charge is -2.33. The molecule has 0 aliphatic carbocycles. The number of anilines is 1. The molecule has 1 atom stereocenters. The molecule has 1 aromatic carbocycles. The van der Waals surface area contributed by atoms with Crippen LogP contribution in [-0.4, -0.2) is 36.3 Å². The largest absolute Gasteiger partial charge is 0.344 e. The van der Waals surface area contributed by atoms with E-state index in [0.29, 0.717) is 12.8 Å². The Morgan fingerprint density at radius 1 is 1.26 bits per heavy atom. The third-order valence-corrected chi connectivity index (χ3v) is 4.56. The van der Waals surface area contributed by atoms with Crippen LogP contribution >= 0.6 is 0 Å². The molecule has 2 amide bonds. The molecule has 1 aliphatic heterocycles. The monoisotopic (exact) mass is 316 g/mol. The van der Waals surface area contributed by atoms with Crippen LogP contribution in [-0.2, 0) is 16.0 Å². The molecule has 2 rings (SSSR count). The maximum absolute atomic E-state index is 12.9. The third-order valence-electron chi connectivity index (χ3n) is 4.56. The van der Waals surface area contributed by atoms with Crippen molar-refractivity contribution in [2.24, 2.45) is 0 Å². The fourth-order valence-corrected chi connectivity index (χ4v) is 3.21. The number of rotatable bonds is 6. The number of likely N-dealkylation sites (N-methyl/N-ethyl adjacent to an activating group) is 1. The molecule has 0 bridgehead atoms. The van der Waals surface area contributed by atoms with E-state index in [1.165, 1.54) is 5.56 Å². The lowest BCUT2D eigenvalue weighted by molar-refractivity contribution is -0.133. The van der Waals surface area contributed by atoms with E-state index < -0.39 is 6.04 Å². The van der Waals surface area contributed by atoms with Gasteiger partial charge in [-0.25, -0.2) is 0 Å². The molecular weight excluding hydrogens is 288 g/mol. The predicted octanol–water partition coefficient (Wildman–Crippen LogP) is 3.39. The zero-order chi connectivity index (χ0) is 16.8. The van der Waals surface area contributed by atoms with Crippen molar-refractivity contribution in [2.45, 2.75) is 58.4 Å². The van der Waals surface area contributed by atoms with Gasteiger partial charge in [-0.3, -0.25) is 14.5 Å². The molecule has 4 heteroatoms. The van der Waals surface area contributed by atoms with Gasteiger partial charge in [-0.05, 0) is 37.3 Å². The van der Waals surface area contributed by atoms with Gasteiger partial charge in [0, 0.05) is 25.7 Å². The fraction of sp³-hybridized carbons (Fsp3) is 0.579. The molecule has 1 unspecified atom stereocenters. The Bertz CT molecular complexity index is 556. The average molecular weight is 316 g/mol. The first-order valence-electron chi connectivity index (χ1n) is 8.75. The molecule has 0 radical (unpaired) electrons. The molecule has 23 heavy (non-hydrogen) atoms. The normalized spacial score (nSPS) is 15.8. The fourth-order valence-electron chi connectivity index (χ4n) is 3.21. The first kappa shape index (κ1) is 17.5. The predicted molar refractivity (Wildman–Crippen MR) is 93.5 cm³/mol. The molecule has 1 heterocycles. The van der Waals surface area contributed by atoms with Gasteiger partial charge in [0.05, 0.1) is 0 Å². The van der Waals surface area contributed by atoms with Crippen molar-refractivity contribution in [3.05, 3.63) is 29.8 Å². The van der Waals surface area contributed by atoms with E-state index in [-0.39, 0.29) is 11.8 Å². The zero-order valence-electron chi connectivity index (χ0n) is 14.5. The van der Waals surface area contributed by atoms with Crippen LogP contribution in [0.25, 0.3) is 0 Å². The molecule has 0 fully saturated rings. The van der Waals surface area contributed by atoms with Crippen molar-refractivity contribution in [2.75, 3.05) is 18.5 Å². The smallest absolute Gasteiger partial charge is 0.245 e. The summed E-state index contributed by atoms with van der Waals surface area (Å²) in [6.07, 6.45) is 4.94. The number of hydrogen-bond donors (Lipinski definition) is 0. The van der Waals surface area contributed by atoms with Gasteiger partial charge in [0.1, 0.15) is 6.04 Å². The SMILES string of the molecule is CCCCN(C)C(=O)C(CC)N1C(=O)CCCc2ccccc21. The summed E-state index contributed by atoms with van der Waals surface area (Å²) in [4.78, 5) is 29.1. The second-order valence-electron chi connectivity index (χ2n) is 6.28. The number of nitrogens with zero attached hydrogens (tertiary/aromatic N) is 2. The number of hydrogen-bond acceptors (Lipinski definition) is 2. The Kier molecular flexibility index (Phi) is 6.20. The minimum absolute atomic E-state index is 0.0472. The summed E-state index contributed by atoms with van der Waals surface area (Å²) in [5.74, 6) is 0.116. The topological polar surface area (TPSA) is 40.6 Å². The van der Waals surface area contributed by atoms with Gasteiger partial charge >= 0.3 is 0 Å². The van der Waals surface area contributed by atoms with Crippen LogP contribution < -0.4 is 4.90 Å². The summed E-state index contributed by atoms with van der Waals surface area (Å²) >= 11 is 0. The van der Waals surface area contributed by atoms with Gasteiger partial charge in [-0.2, -0.15) is 0 Å². The Labute approximate surface area is 139 Å². The highest BCUT2D eigenvalue weighted by atomic mass is 16.2. The molecule has 0 N–H and O–H groups in total. The van der Waals surface area contributed by atoms with Crippen LogP contribution in [0, 0.1) is 0 Å². The van der Waals surface area contributed by atoms with Gasteiger partial charge in [0.15, 0.2) is 0 Å². The number of para-hydroxylation sites is 1. The van der Waals surface area contributed by atoms with Crippen LogP contribution in [0.1, 0.15) is 51.5 Å². The summed E-state index contributed by atoms with van der Waals surface area (Å²) in [7, 11) is 1.84. The summed E-state index contributed by atoms with van der Waals surface area (Å²) in [6, 6.07) is 7.59. The Morgan fingerprint density at radius 3 is 2.70 bits per heavy atom. The number of benzene rings is 1. The van der Waals surface area contributed by atoms with E-state index in [0.717, 1.165) is 37.9 Å². The number of amides is 2. The average Bonchev–Trinajstić information content (AvgIpc) is 2.72. The van der Waals surface area contributed by atoms with Crippen LogP contribution in [0.2, 0.25) is 0 Å². The van der Waals surface area contributed by atoms with Gasteiger partial charge in [0.25, 0.3) is 0 Å². The van der Waals surface area contributed by atoms with Crippen LogP contribution in [0.5, 0.6) is 0 Å². The highest BCUT2D eigenvalue weighted by Gasteiger charge is 2.33. The maximum atomic E-state index is 12.9. The molecule has 1 aliphatic rings. The highest BCUT2D eigenvalue weighted by molar-refractivity contribution is 6.01. The summed E-state index contributed by atoms with van der Waals surface area (Å²) < 4.78 is 0.